The second-order valence-corrected chi connectivity index (χ2v) is 5.21. The van der Waals surface area contributed by atoms with Crippen LogP contribution in [0, 0.1) is 0 Å². The second kappa shape index (κ2) is 6.46. The van der Waals surface area contributed by atoms with Crippen LogP contribution in [0.25, 0.3) is 0 Å². The molecule has 0 saturated carbocycles. The largest absolute Gasteiger partial charge is 0.457 e. The molecular weight excluding hydrogens is 296 g/mol. The minimum Gasteiger partial charge on any atom is -0.457 e. The van der Waals surface area contributed by atoms with Gasteiger partial charge in [0.25, 0.3) is 0 Å². The molecule has 0 amide bonds. The fourth-order valence-corrected chi connectivity index (χ4v) is 2.20. The van der Waals surface area contributed by atoms with E-state index in [1.165, 1.54) is 0 Å². The van der Waals surface area contributed by atoms with Crippen LogP contribution in [-0.4, -0.2) is 5.78 Å². The lowest BCUT2D eigenvalue weighted by Gasteiger charge is -2.07. The van der Waals surface area contributed by atoms with Gasteiger partial charge in [-0.05, 0) is 48.5 Å². The summed E-state index contributed by atoms with van der Waals surface area (Å²) in [6.45, 7) is 0. The van der Waals surface area contributed by atoms with Crippen LogP contribution in [-0.2, 0) is 0 Å². The number of carbonyl (C=O) groups is 1. The van der Waals surface area contributed by atoms with Crippen molar-refractivity contribution in [2.24, 2.45) is 0 Å². The average Bonchev–Trinajstić information content (AvgIpc) is 2.58. The van der Waals surface area contributed by atoms with Crippen molar-refractivity contribution in [3.8, 4) is 11.5 Å². The normalized spacial score (nSPS) is 10.2. The molecule has 0 radical (unpaired) electrons. The first kappa shape index (κ1) is 14.4. The highest BCUT2D eigenvalue weighted by Gasteiger charge is 2.08. The minimum absolute atomic E-state index is 0.00126. The van der Waals surface area contributed by atoms with Crippen LogP contribution in [0.15, 0.2) is 78.9 Å². The maximum Gasteiger partial charge on any atom is 0.193 e. The van der Waals surface area contributed by atoms with Gasteiger partial charge < -0.3 is 4.74 Å². The van der Waals surface area contributed by atoms with Crippen molar-refractivity contribution in [1.82, 2.24) is 0 Å². The fraction of sp³-hybridized carbons (Fsp3) is 0. The Morgan fingerprint density at radius 1 is 0.682 bits per heavy atom. The number of benzene rings is 3. The molecule has 0 N–H and O–H groups in total. The van der Waals surface area contributed by atoms with Crippen molar-refractivity contribution in [3.63, 3.8) is 0 Å². The van der Waals surface area contributed by atoms with Crippen LogP contribution in [0.1, 0.15) is 15.9 Å². The number of ether oxygens (including phenoxy) is 1. The Hall–Kier alpha value is -2.58. The lowest BCUT2D eigenvalue weighted by atomic mass is 10.0. The maximum atomic E-state index is 12.3. The van der Waals surface area contributed by atoms with E-state index in [-0.39, 0.29) is 5.78 Å². The topological polar surface area (TPSA) is 26.3 Å². The van der Waals surface area contributed by atoms with E-state index in [1.807, 2.05) is 18.2 Å². The van der Waals surface area contributed by atoms with E-state index in [9.17, 15) is 4.79 Å². The number of hydrogen-bond acceptors (Lipinski definition) is 2. The Morgan fingerprint density at radius 2 is 1.18 bits per heavy atom. The van der Waals surface area contributed by atoms with Gasteiger partial charge in [-0.3, -0.25) is 4.79 Å². The van der Waals surface area contributed by atoms with Crippen molar-refractivity contribution in [1.29, 1.82) is 0 Å². The molecule has 108 valence electrons. The molecule has 0 saturated heterocycles. The molecule has 0 bridgehead atoms. The highest BCUT2D eigenvalue weighted by atomic mass is 35.5. The predicted molar refractivity (Wildman–Crippen MR) is 87.8 cm³/mol. The quantitative estimate of drug-likeness (QED) is 0.606. The van der Waals surface area contributed by atoms with Gasteiger partial charge in [0.1, 0.15) is 11.5 Å². The smallest absolute Gasteiger partial charge is 0.193 e. The van der Waals surface area contributed by atoms with E-state index in [2.05, 4.69) is 0 Å². The van der Waals surface area contributed by atoms with E-state index >= 15 is 0 Å². The number of rotatable bonds is 4. The molecule has 0 heterocycles. The van der Waals surface area contributed by atoms with Gasteiger partial charge in [0.2, 0.25) is 0 Å². The highest BCUT2D eigenvalue weighted by Crippen LogP contribution is 2.23. The van der Waals surface area contributed by atoms with Gasteiger partial charge in [0.15, 0.2) is 5.78 Å². The molecule has 3 aromatic carbocycles. The van der Waals surface area contributed by atoms with E-state index < -0.39 is 0 Å². The summed E-state index contributed by atoms with van der Waals surface area (Å²) in [5.74, 6) is 1.37. The number of hydrogen-bond donors (Lipinski definition) is 0. The molecule has 0 aliphatic heterocycles. The zero-order valence-corrected chi connectivity index (χ0v) is 12.5. The third-order valence-electron chi connectivity index (χ3n) is 3.20. The highest BCUT2D eigenvalue weighted by molar-refractivity contribution is 6.30. The zero-order chi connectivity index (χ0) is 15.4. The minimum atomic E-state index is -0.00126. The summed E-state index contributed by atoms with van der Waals surface area (Å²) in [5, 5.41) is 0.663. The van der Waals surface area contributed by atoms with E-state index in [0.29, 0.717) is 27.6 Å². The standard InChI is InChI=1S/C19H13ClO2/c20-16-8-12-18(13-9-16)22-17-10-6-15(7-11-17)19(21)14-4-2-1-3-5-14/h1-13H. The van der Waals surface area contributed by atoms with E-state index in [0.717, 1.165) is 0 Å². The molecule has 0 aliphatic carbocycles. The monoisotopic (exact) mass is 308 g/mol. The number of halogens is 1. The molecule has 2 nitrogen and oxygen atoms in total. The van der Waals surface area contributed by atoms with E-state index in [4.69, 9.17) is 16.3 Å². The molecule has 0 unspecified atom stereocenters. The Kier molecular flexibility index (Phi) is 4.22. The van der Waals surface area contributed by atoms with Crippen LogP contribution < -0.4 is 4.74 Å². The van der Waals surface area contributed by atoms with Crippen LogP contribution in [0.4, 0.5) is 0 Å². The molecule has 3 aromatic rings. The zero-order valence-electron chi connectivity index (χ0n) is 11.7. The van der Waals surface area contributed by atoms with Gasteiger partial charge in [-0.25, -0.2) is 0 Å². The molecule has 3 rings (SSSR count). The molecule has 0 aliphatic rings. The van der Waals surface area contributed by atoms with Gasteiger partial charge in [-0.1, -0.05) is 41.9 Å². The van der Waals surface area contributed by atoms with Crippen molar-refractivity contribution in [3.05, 3.63) is 95.0 Å². The SMILES string of the molecule is O=C(c1ccccc1)c1ccc(Oc2ccc(Cl)cc2)cc1. The number of ketones is 1. The molecule has 0 aromatic heterocycles. The lowest BCUT2D eigenvalue weighted by molar-refractivity contribution is 0.103. The van der Waals surface area contributed by atoms with Gasteiger partial charge in [0.05, 0.1) is 0 Å². The van der Waals surface area contributed by atoms with Crippen LogP contribution in [0.2, 0.25) is 5.02 Å². The summed E-state index contributed by atoms with van der Waals surface area (Å²) in [7, 11) is 0. The summed E-state index contributed by atoms with van der Waals surface area (Å²) in [5.41, 5.74) is 1.31. The first-order valence-corrected chi connectivity index (χ1v) is 7.23. The summed E-state index contributed by atoms with van der Waals surface area (Å²) < 4.78 is 5.70. The Morgan fingerprint density at radius 3 is 1.77 bits per heavy atom. The molecular formula is C19H13ClO2. The lowest BCUT2D eigenvalue weighted by Crippen LogP contribution is -2.00. The summed E-state index contributed by atoms with van der Waals surface area (Å²) in [6.07, 6.45) is 0. The van der Waals surface area contributed by atoms with Crippen molar-refractivity contribution < 1.29 is 9.53 Å². The molecule has 0 fully saturated rings. The fourth-order valence-electron chi connectivity index (χ4n) is 2.07. The van der Waals surface area contributed by atoms with Crippen molar-refractivity contribution in [2.75, 3.05) is 0 Å². The van der Waals surface area contributed by atoms with Gasteiger partial charge in [0, 0.05) is 16.1 Å². The first-order chi connectivity index (χ1) is 10.7. The molecule has 0 spiro atoms. The second-order valence-electron chi connectivity index (χ2n) is 4.78. The van der Waals surface area contributed by atoms with Crippen LogP contribution in [0.5, 0.6) is 11.5 Å². The first-order valence-electron chi connectivity index (χ1n) is 6.85. The summed E-state index contributed by atoms with van der Waals surface area (Å²) in [4.78, 5) is 12.3. The number of carbonyl (C=O) groups excluding carboxylic acids is 1. The van der Waals surface area contributed by atoms with Crippen LogP contribution >= 0.6 is 11.6 Å². The van der Waals surface area contributed by atoms with E-state index in [1.54, 1.807) is 60.7 Å². The molecule has 22 heavy (non-hydrogen) atoms. The van der Waals surface area contributed by atoms with Gasteiger partial charge in [-0.2, -0.15) is 0 Å². The third-order valence-corrected chi connectivity index (χ3v) is 3.45. The van der Waals surface area contributed by atoms with Gasteiger partial charge in [-0.15, -0.1) is 0 Å². The average molecular weight is 309 g/mol. The predicted octanol–water partition coefficient (Wildman–Crippen LogP) is 5.36. The Labute approximate surface area is 133 Å². The third kappa shape index (κ3) is 3.35. The Balaban J connectivity index is 1.75. The van der Waals surface area contributed by atoms with Gasteiger partial charge >= 0.3 is 0 Å². The summed E-state index contributed by atoms with van der Waals surface area (Å²) >= 11 is 5.84. The maximum absolute atomic E-state index is 12.3. The Bertz CT molecular complexity index is 763. The molecule has 3 heteroatoms. The van der Waals surface area contributed by atoms with Crippen molar-refractivity contribution in [2.45, 2.75) is 0 Å². The van der Waals surface area contributed by atoms with Crippen molar-refractivity contribution >= 4 is 17.4 Å². The van der Waals surface area contributed by atoms with Crippen LogP contribution in [0.3, 0.4) is 0 Å². The molecule has 0 atom stereocenters. The summed E-state index contributed by atoms with van der Waals surface area (Å²) in [6, 6.07) is 23.4.